The number of ether oxygens (including phenoxy) is 3. The lowest BCUT2D eigenvalue weighted by Gasteiger charge is -2.30. The molecule has 3 N–H and O–H groups in total. The summed E-state index contributed by atoms with van der Waals surface area (Å²) in [6, 6.07) is 5.71. The number of nitrogens with zero attached hydrogens (tertiary/aromatic N) is 3. The van der Waals surface area contributed by atoms with Gasteiger partial charge in [0.1, 0.15) is 35.6 Å². The smallest absolute Gasteiger partial charge is 0.408 e. The van der Waals surface area contributed by atoms with Crippen molar-refractivity contribution in [2.75, 3.05) is 32.8 Å². The second-order valence-electron chi connectivity index (χ2n) is 19.5. The Morgan fingerprint density at radius 2 is 1.77 bits per heavy atom. The van der Waals surface area contributed by atoms with Crippen molar-refractivity contribution >= 4 is 50.8 Å². The minimum Gasteiger partial charge on any atom is -0.492 e. The number of sulfonamides is 1. The van der Waals surface area contributed by atoms with Crippen molar-refractivity contribution in [1.29, 1.82) is 0 Å². The second kappa shape index (κ2) is 18.7. The molecule has 16 heteroatoms. The Kier molecular flexibility index (Phi) is 13.0. The molecular weight excluding hydrogens is 837 g/mol. The second-order valence-corrected chi connectivity index (χ2v) is 21.7. The molecule has 3 saturated carbocycles. The van der Waals surface area contributed by atoms with Crippen LogP contribution in [0.5, 0.6) is 11.6 Å². The molecule has 5 heterocycles. The quantitative estimate of drug-likeness (QED) is 0.211. The predicted molar refractivity (Wildman–Crippen MR) is 241 cm³/mol. The number of aromatic nitrogens is 1. The van der Waals surface area contributed by atoms with Gasteiger partial charge in [-0.1, -0.05) is 49.6 Å². The van der Waals surface area contributed by atoms with Crippen LogP contribution in [-0.2, 0) is 29.1 Å². The molecule has 4 aliphatic heterocycles. The summed E-state index contributed by atoms with van der Waals surface area (Å²) in [5.74, 6) is -1.05. The lowest BCUT2D eigenvalue weighted by molar-refractivity contribution is -0.141. The Balaban J connectivity index is 1.05. The number of hydrogen-bond donors (Lipinski definition) is 3. The van der Waals surface area contributed by atoms with Crippen LogP contribution in [0.25, 0.3) is 17.0 Å². The van der Waals surface area contributed by atoms with Crippen LogP contribution in [0.3, 0.4) is 0 Å². The third-order valence-electron chi connectivity index (χ3n) is 14.6. The van der Waals surface area contributed by atoms with Gasteiger partial charge < -0.3 is 34.6 Å². The van der Waals surface area contributed by atoms with Crippen LogP contribution in [0, 0.1) is 11.8 Å². The number of piperidine rings is 1. The Bertz CT molecular complexity index is 2280. The van der Waals surface area contributed by atoms with Crippen molar-refractivity contribution < 1.29 is 41.8 Å². The van der Waals surface area contributed by atoms with E-state index in [9.17, 15) is 27.6 Å². The monoisotopic (exact) mass is 900 g/mol. The fourth-order valence-electron chi connectivity index (χ4n) is 10.00. The summed E-state index contributed by atoms with van der Waals surface area (Å²) in [5, 5.41) is 6.68. The van der Waals surface area contributed by atoms with Gasteiger partial charge in [-0.3, -0.25) is 19.1 Å². The van der Waals surface area contributed by atoms with Crippen molar-refractivity contribution in [2.24, 2.45) is 11.8 Å². The standard InChI is InChI=1S/C48H64N6O9S/c1-47(22-23-47)64(59,60)52-45(57)48-30-33(48)17-8-3-2-4-10-21-38-44(56)54-31-34(29-39(54)42(55)51-48)62-43-36(19-9-5-7-16-32-28-40(32)63-46(58)50-38)41(35-18-11-12-20-37(35)49-43)61-27-15-26-53-24-13-6-14-25-53/h8-9,11-12,17-20,32-34,38-40H,2-7,10,13-16,21-31H2,1H3,(H,50,58)(H,51,55)(H,52,57)/b17-8-,19-9+/t32-,33-,34+,38+,39-,40-,48-/m1/s1. The third kappa shape index (κ3) is 9.78. The molecule has 346 valence electrons. The number of carbonyl (C=O) groups excluding carboxylic acids is 4. The number of alkyl carbamates (subject to hydrolysis) is 1. The first-order valence-electron chi connectivity index (χ1n) is 23.9. The first-order valence-corrected chi connectivity index (χ1v) is 25.4. The van der Waals surface area contributed by atoms with Crippen LogP contribution in [-0.4, -0.2) is 114 Å². The van der Waals surface area contributed by atoms with Crippen molar-refractivity contribution in [3.8, 4) is 11.6 Å². The lowest BCUT2D eigenvalue weighted by Crippen LogP contribution is -2.58. The number of allylic oxidation sites excluding steroid dienone is 2. The van der Waals surface area contributed by atoms with Gasteiger partial charge in [-0.2, -0.15) is 0 Å². The molecule has 64 heavy (non-hydrogen) atoms. The molecule has 0 spiro atoms. The van der Waals surface area contributed by atoms with Crippen LogP contribution < -0.4 is 24.8 Å². The molecule has 5 fully saturated rings. The van der Waals surface area contributed by atoms with E-state index in [0.29, 0.717) is 61.4 Å². The highest BCUT2D eigenvalue weighted by Crippen LogP contribution is 2.48. The van der Waals surface area contributed by atoms with E-state index in [-0.39, 0.29) is 31.4 Å². The Morgan fingerprint density at radius 3 is 2.59 bits per heavy atom. The fourth-order valence-corrected chi connectivity index (χ4v) is 11.3. The number of pyridine rings is 1. The van der Waals surface area contributed by atoms with E-state index in [1.807, 2.05) is 42.5 Å². The summed E-state index contributed by atoms with van der Waals surface area (Å²) in [6.45, 7) is 5.27. The molecule has 15 nitrogen and oxygen atoms in total. The van der Waals surface area contributed by atoms with Gasteiger partial charge in [0, 0.05) is 24.3 Å². The summed E-state index contributed by atoms with van der Waals surface area (Å²) in [4.78, 5) is 66.0. The van der Waals surface area contributed by atoms with Gasteiger partial charge in [0.05, 0.1) is 29.0 Å². The Labute approximate surface area is 376 Å². The number of nitrogens with one attached hydrogen (secondary N) is 3. The summed E-state index contributed by atoms with van der Waals surface area (Å²) < 4.78 is 47.3. The van der Waals surface area contributed by atoms with Gasteiger partial charge in [0.25, 0.3) is 5.91 Å². The molecule has 4 amide bonds. The normalized spacial score (nSPS) is 32.0. The van der Waals surface area contributed by atoms with Gasteiger partial charge in [-0.25, -0.2) is 18.2 Å². The highest BCUT2D eigenvalue weighted by atomic mass is 32.2. The number of hydrogen-bond acceptors (Lipinski definition) is 11. The van der Waals surface area contributed by atoms with E-state index >= 15 is 0 Å². The molecule has 1 aromatic heterocycles. The number of fused-ring (bicyclic) bond motifs is 6. The molecule has 7 atom stereocenters. The van der Waals surface area contributed by atoms with Gasteiger partial charge in [0.2, 0.25) is 27.7 Å². The van der Waals surface area contributed by atoms with Crippen LogP contribution in [0.15, 0.2) is 42.5 Å². The number of amides is 4. The number of benzene rings is 1. The highest BCUT2D eigenvalue weighted by molar-refractivity contribution is 7.91. The molecule has 0 radical (unpaired) electrons. The summed E-state index contributed by atoms with van der Waals surface area (Å²) >= 11 is 0. The minimum absolute atomic E-state index is 0.00616. The lowest BCUT2D eigenvalue weighted by atomic mass is 10.0. The number of para-hydroxylation sites is 1. The van der Waals surface area contributed by atoms with Crippen LogP contribution in [0.1, 0.15) is 122 Å². The largest absolute Gasteiger partial charge is 0.492 e. The van der Waals surface area contributed by atoms with Gasteiger partial charge in [-0.05, 0) is 128 Å². The zero-order valence-corrected chi connectivity index (χ0v) is 37.9. The maximum atomic E-state index is 14.8. The maximum Gasteiger partial charge on any atom is 0.408 e. The Morgan fingerprint density at radius 1 is 0.969 bits per heavy atom. The molecule has 3 bridgehead atoms. The van der Waals surface area contributed by atoms with Crippen molar-refractivity contribution in [1.82, 2.24) is 30.1 Å². The molecule has 2 saturated heterocycles. The van der Waals surface area contributed by atoms with Gasteiger partial charge in [0.15, 0.2) is 0 Å². The first kappa shape index (κ1) is 44.5. The minimum atomic E-state index is -4.00. The SMILES string of the molecule is CC1(S(=O)(=O)NC(=O)[C@@]23C[C@H]2/C=C\CCCCC[C@@H]2NC(=O)O[C@@H]4C[C@H]4CCC/C=C/c4c(nc5ccccc5c4OCCCN4CCCCC4)O[C@H]4C[C@H](C(=O)N3)N(C4)C2=O)CC1. The topological polar surface area (TPSA) is 186 Å². The summed E-state index contributed by atoms with van der Waals surface area (Å²) in [6.07, 6.45) is 18.7. The highest BCUT2D eigenvalue weighted by Gasteiger charge is 2.63. The molecule has 3 aliphatic carbocycles. The number of likely N-dealkylation sites (tertiary alicyclic amines) is 1. The average Bonchev–Trinajstić information content (AvgIpc) is 4.24. The molecule has 1 aromatic carbocycles. The third-order valence-corrected chi connectivity index (χ3v) is 16.7. The molecule has 0 unspecified atom stereocenters. The van der Waals surface area contributed by atoms with Crippen molar-refractivity contribution in [2.45, 2.75) is 151 Å². The van der Waals surface area contributed by atoms with Crippen LogP contribution >= 0.6 is 0 Å². The maximum absolute atomic E-state index is 14.8. The molecule has 7 aliphatic rings. The number of rotatable bonds is 8. The molecular formula is C48H64N6O9S. The fraction of sp³-hybridized carbons (Fsp3) is 0.646. The van der Waals surface area contributed by atoms with Gasteiger partial charge >= 0.3 is 6.09 Å². The van der Waals surface area contributed by atoms with E-state index in [0.717, 1.165) is 70.0 Å². The molecule has 9 rings (SSSR count). The van der Waals surface area contributed by atoms with Crippen LogP contribution in [0.4, 0.5) is 4.79 Å². The predicted octanol–water partition coefficient (Wildman–Crippen LogP) is 5.91. The molecule has 2 aromatic rings. The Hall–Kier alpha value is -4.70. The van der Waals surface area contributed by atoms with E-state index < -0.39 is 68.2 Å². The summed E-state index contributed by atoms with van der Waals surface area (Å²) in [5.41, 5.74) is -0.153. The van der Waals surface area contributed by atoms with Crippen molar-refractivity contribution in [3.63, 3.8) is 0 Å². The first-order chi connectivity index (χ1) is 30.9. The van der Waals surface area contributed by atoms with E-state index in [1.165, 1.54) is 24.2 Å². The average molecular weight is 901 g/mol. The van der Waals surface area contributed by atoms with E-state index in [4.69, 9.17) is 19.2 Å². The summed E-state index contributed by atoms with van der Waals surface area (Å²) in [7, 11) is -4.00. The van der Waals surface area contributed by atoms with Crippen LogP contribution in [0.2, 0.25) is 0 Å². The zero-order chi connectivity index (χ0) is 44.5. The van der Waals surface area contributed by atoms with E-state index in [2.05, 4.69) is 26.3 Å². The zero-order valence-electron chi connectivity index (χ0n) is 37.1. The van der Waals surface area contributed by atoms with E-state index in [1.54, 1.807) is 6.92 Å². The number of carbonyl (C=O) groups is 4. The van der Waals surface area contributed by atoms with Crippen molar-refractivity contribution in [3.05, 3.63) is 48.1 Å². The van der Waals surface area contributed by atoms with Gasteiger partial charge in [-0.15, -0.1) is 0 Å².